The van der Waals surface area contributed by atoms with Crippen LogP contribution in [0.25, 0.3) is 0 Å². The monoisotopic (exact) mass is 262 g/mol. The summed E-state index contributed by atoms with van der Waals surface area (Å²) in [6.07, 6.45) is 3.98. The summed E-state index contributed by atoms with van der Waals surface area (Å²) >= 11 is 0. The second-order valence-electron chi connectivity index (χ2n) is 5.57. The molecule has 1 aromatic carbocycles. The lowest BCUT2D eigenvalue weighted by Gasteiger charge is -2.38. The third kappa shape index (κ3) is 3.95. The number of piperidine rings is 1. The lowest BCUT2D eigenvalue weighted by molar-refractivity contribution is 0.0851. The molecule has 1 aromatic rings. The smallest absolute Gasteiger partial charge is 0.119 e. The predicted octanol–water partition coefficient (Wildman–Crippen LogP) is 2.79. The molecule has 1 aliphatic rings. The fourth-order valence-electron chi connectivity index (χ4n) is 2.95. The third-order valence-electron chi connectivity index (χ3n) is 4.13. The Morgan fingerprint density at radius 3 is 2.68 bits per heavy atom. The van der Waals surface area contributed by atoms with Crippen molar-refractivity contribution in [2.24, 2.45) is 5.73 Å². The zero-order valence-electron chi connectivity index (χ0n) is 12.1. The first-order chi connectivity index (χ1) is 9.20. The molecule has 1 saturated heterocycles. The van der Waals surface area contributed by atoms with Gasteiger partial charge < -0.3 is 10.5 Å². The van der Waals surface area contributed by atoms with Crippen LogP contribution >= 0.6 is 0 Å². The van der Waals surface area contributed by atoms with Crippen LogP contribution in [0.3, 0.4) is 0 Å². The van der Waals surface area contributed by atoms with E-state index >= 15 is 0 Å². The summed E-state index contributed by atoms with van der Waals surface area (Å²) in [6.45, 7) is 6.98. The van der Waals surface area contributed by atoms with Crippen molar-refractivity contribution >= 4 is 0 Å². The molecule has 0 spiro atoms. The molecule has 3 nitrogen and oxygen atoms in total. The van der Waals surface area contributed by atoms with Crippen molar-refractivity contribution in [1.29, 1.82) is 0 Å². The van der Waals surface area contributed by atoms with E-state index in [0.717, 1.165) is 24.5 Å². The van der Waals surface area contributed by atoms with Crippen molar-refractivity contribution in [1.82, 2.24) is 4.90 Å². The van der Waals surface area contributed by atoms with Crippen LogP contribution < -0.4 is 10.5 Å². The van der Waals surface area contributed by atoms with Gasteiger partial charge in [0.25, 0.3) is 0 Å². The number of likely N-dealkylation sites (tertiary alicyclic amines) is 1. The minimum absolute atomic E-state index is 0.567. The molecule has 3 heteroatoms. The Balaban J connectivity index is 1.82. The molecule has 0 radical (unpaired) electrons. The van der Waals surface area contributed by atoms with E-state index in [0.29, 0.717) is 18.6 Å². The quantitative estimate of drug-likeness (QED) is 0.887. The second-order valence-corrected chi connectivity index (χ2v) is 5.57. The van der Waals surface area contributed by atoms with Crippen LogP contribution in [0.1, 0.15) is 38.7 Å². The number of hydrogen-bond donors (Lipinski definition) is 1. The van der Waals surface area contributed by atoms with Crippen LogP contribution in [0.4, 0.5) is 0 Å². The highest BCUT2D eigenvalue weighted by atomic mass is 16.5. The van der Waals surface area contributed by atoms with Crippen molar-refractivity contribution in [3.8, 4) is 5.75 Å². The maximum Gasteiger partial charge on any atom is 0.119 e. The zero-order chi connectivity index (χ0) is 13.7. The number of nitrogens with two attached hydrogens (primary N) is 1. The minimum atomic E-state index is 0.567. The van der Waals surface area contributed by atoms with Crippen LogP contribution in [0.2, 0.25) is 0 Å². The number of benzene rings is 1. The van der Waals surface area contributed by atoms with E-state index in [-0.39, 0.29) is 0 Å². The van der Waals surface area contributed by atoms with Crippen LogP contribution in [0.5, 0.6) is 5.75 Å². The van der Waals surface area contributed by atoms with E-state index in [1.54, 1.807) is 0 Å². The first-order valence-corrected chi connectivity index (χ1v) is 7.38. The Hall–Kier alpha value is -1.06. The Morgan fingerprint density at radius 2 is 2.00 bits per heavy atom. The lowest BCUT2D eigenvalue weighted by atomic mass is 9.98. The van der Waals surface area contributed by atoms with Crippen molar-refractivity contribution in [2.45, 2.75) is 51.7 Å². The van der Waals surface area contributed by atoms with E-state index in [1.165, 1.54) is 19.3 Å². The molecule has 2 atom stereocenters. The van der Waals surface area contributed by atoms with Gasteiger partial charge in [0.2, 0.25) is 0 Å². The van der Waals surface area contributed by atoms with Crippen molar-refractivity contribution in [3.05, 3.63) is 29.8 Å². The summed E-state index contributed by atoms with van der Waals surface area (Å²) in [4.78, 5) is 2.57. The number of rotatable bonds is 5. The molecule has 1 fully saturated rings. The molecule has 0 bridgehead atoms. The van der Waals surface area contributed by atoms with Crippen molar-refractivity contribution < 1.29 is 4.74 Å². The van der Waals surface area contributed by atoms with Gasteiger partial charge in [0.15, 0.2) is 0 Å². The summed E-state index contributed by atoms with van der Waals surface area (Å²) < 4.78 is 5.85. The average molecular weight is 262 g/mol. The van der Waals surface area contributed by atoms with E-state index in [9.17, 15) is 0 Å². The summed E-state index contributed by atoms with van der Waals surface area (Å²) in [5, 5.41) is 0. The molecular weight excluding hydrogens is 236 g/mol. The predicted molar refractivity (Wildman–Crippen MR) is 79.3 cm³/mol. The van der Waals surface area contributed by atoms with Crippen LogP contribution in [0.15, 0.2) is 24.3 Å². The molecule has 0 aliphatic carbocycles. The largest absolute Gasteiger partial charge is 0.492 e. The maximum atomic E-state index is 5.85. The van der Waals surface area contributed by atoms with Gasteiger partial charge in [-0.3, -0.25) is 4.90 Å². The average Bonchev–Trinajstić information content (AvgIpc) is 2.42. The molecule has 2 rings (SSSR count). The number of ether oxygens (including phenoxy) is 1. The number of nitrogens with zero attached hydrogens (tertiary/aromatic N) is 1. The summed E-state index contributed by atoms with van der Waals surface area (Å²) in [5.74, 6) is 0.931. The first-order valence-electron chi connectivity index (χ1n) is 7.38. The Labute approximate surface area is 116 Å². The van der Waals surface area contributed by atoms with Gasteiger partial charge in [-0.15, -0.1) is 0 Å². The van der Waals surface area contributed by atoms with Gasteiger partial charge in [0.05, 0.1) is 0 Å². The van der Waals surface area contributed by atoms with Gasteiger partial charge in [0.1, 0.15) is 12.4 Å². The normalized spacial score (nSPS) is 24.4. The topological polar surface area (TPSA) is 38.5 Å². The summed E-state index contributed by atoms with van der Waals surface area (Å²) in [7, 11) is 0. The van der Waals surface area contributed by atoms with E-state index < -0.39 is 0 Å². The van der Waals surface area contributed by atoms with Crippen LogP contribution in [-0.2, 0) is 6.54 Å². The molecule has 106 valence electrons. The Kier molecular flexibility index (Phi) is 5.23. The molecule has 1 aliphatic heterocycles. The molecule has 0 unspecified atom stereocenters. The highest BCUT2D eigenvalue weighted by Gasteiger charge is 2.23. The summed E-state index contributed by atoms with van der Waals surface area (Å²) in [5.41, 5.74) is 6.76. The standard InChI is InChI=1S/C16H26N2O/c1-13-5-3-6-14(2)18(13)9-10-19-16-8-4-7-15(11-16)12-17/h4,7-8,11,13-14H,3,5-6,9-10,12,17H2,1-2H3/t13-,14+. The van der Waals surface area contributed by atoms with Gasteiger partial charge in [-0.2, -0.15) is 0 Å². The summed E-state index contributed by atoms with van der Waals surface area (Å²) in [6, 6.07) is 9.43. The van der Waals surface area contributed by atoms with Gasteiger partial charge in [-0.25, -0.2) is 0 Å². The molecule has 2 N–H and O–H groups in total. The second kappa shape index (κ2) is 6.92. The maximum absolute atomic E-state index is 5.85. The third-order valence-corrected chi connectivity index (χ3v) is 4.13. The van der Waals surface area contributed by atoms with Crippen molar-refractivity contribution in [3.63, 3.8) is 0 Å². The number of hydrogen-bond acceptors (Lipinski definition) is 3. The first kappa shape index (κ1) is 14.4. The van der Waals surface area contributed by atoms with Crippen molar-refractivity contribution in [2.75, 3.05) is 13.2 Å². The van der Waals surface area contributed by atoms with Gasteiger partial charge in [-0.1, -0.05) is 18.6 Å². The van der Waals surface area contributed by atoms with E-state index in [2.05, 4.69) is 18.7 Å². The van der Waals surface area contributed by atoms with Crippen LogP contribution in [-0.4, -0.2) is 30.1 Å². The zero-order valence-corrected chi connectivity index (χ0v) is 12.1. The van der Waals surface area contributed by atoms with E-state index in [4.69, 9.17) is 10.5 Å². The Bertz CT molecular complexity index is 384. The van der Waals surface area contributed by atoms with Gasteiger partial charge >= 0.3 is 0 Å². The molecule has 1 heterocycles. The molecule has 0 aromatic heterocycles. The SMILES string of the molecule is C[C@@H]1CCC[C@H](C)N1CCOc1cccc(CN)c1. The fraction of sp³-hybridized carbons (Fsp3) is 0.625. The highest BCUT2D eigenvalue weighted by molar-refractivity contribution is 5.28. The van der Waals surface area contributed by atoms with Gasteiger partial charge in [0, 0.05) is 25.2 Å². The molecular formula is C16H26N2O. The lowest BCUT2D eigenvalue weighted by Crippen LogP contribution is -2.45. The van der Waals surface area contributed by atoms with E-state index in [1.807, 2.05) is 24.3 Å². The minimum Gasteiger partial charge on any atom is -0.492 e. The molecule has 0 saturated carbocycles. The van der Waals surface area contributed by atoms with Gasteiger partial charge in [-0.05, 0) is 44.4 Å². The molecule has 19 heavy (non-hydrogen) atoms. The Morgan fingerprint density at radius 1 is 1.26 bits per heavy atom. The fourth-order valence-corrected chi connectivity index (χ4v) is 2.95. The highest BCUT2D eigenvalue weighted by Crippen LogP contribution is 2.22. The molecule has 0 amide bonds. The van der Waals surface area contributed by atoms with Crippen LogP contribution in [0, 0.1) is 0 Å².